The Hall–Kier alpha value is -2.37. The number of rotatable bonds is 9. The van der Waals surface area contributed by atoms with Crippen LogP contribution < -0.4 is 15.8 Å². The van der Waals surface area contributed by atoms with Gasteiger partial charge in [0.25, 0.3) is 0 Å². The molecule has 0 saturated heterocycles. The normalized spacial score (nSPS) is 13.1. The molecule has 0 aliphatic heterocycles. The summed E-state index contributed by atoms with van der Waals surface area (Å²) in [5.41, 5.74) is 8.76. The van der Waals surface area contributed by atoms with Crippen LogP contribution in [0.4, 0.5) is 0 Å². The average molecular weight is 356 g/mol. The maximum absolute atomic E-state index is 12.4. The highest BCUT2D eigenvalue weighted by molar-refractivity contribution is 5.77. The topological polar surface area (TPSA) is 73.6 Å². The number of hydrogen-bond acceptors (Lipinski definition) is 4. The SMILES string of the molecule is COC(CN)CC(=O)NC(COc1c(C)cccc1C)c1ccccc1. The van der Waals surface area contributed by atoms with Crippen molar-refractivity contribution in [2.75, 3.05) is 20.3 Å². The van der Waals surface area contributed by atoms with Gasteiger partial charge >= 0.3 is 0 Å². The lowest BCUT2D eigenvalue weighted by atomic mass is 10.1. The largest absolute Gasteiger partial charge is 0.491 e. The van der Waals surface area contributed by atoms with Crippen molar-refractivity contribution in [1.29, 1.82) is 0 Å². The van der Waals surface area contributed by atoms with Gasteiger partial charge in [-0.2, -0.15) is 0 Å². The molecular formula is C21H28N2O3. The van der Waals surface area contributed by atoms with Gasteiger partial charge in [-0.1, -0.05) is 48.5 Å². The van der Waals surface area contributed by atoms with Crippen molar-refractivity contribution in [2.24, 2.45) is 5.73 Å². The highest BCUT2D eigenvalue weighted by Gasteiger charge is 2.19. The van der Waals surface area contributed by atoms with Crippen LogP contribution in [0.1, 0.15) is 29.2 Å². The third-order valence-electron chi connectivity index (χ3n) is 4.35. The van der Waals surface area contributed by atoms with E-state index < -0.39 is 0 Å². The fourth-order valence-corrected chi connectivity index (χ4v) is 2.82. The Kier molecular flexibility index (Phi) is 7.63. The summed E-state index contributed by atoms with van der Waals surface area (Å²) >= 11 is 0. The zero-order valence-electron chi connectivity index (χ0n) is 15.7. The molecule has 0 bridgehead atoms. The maximum Gasteiger partial charge on any atom is 0.223 e. The summed E-state index contributed by atoms with van der Waals surface area (Å²) < 4.78 is 11.3. The van der Waals surface area contributed by atoms with Crippen LogP contribution in [0.25, 0.3) is 0 Å². The van der Waals surface area contributed by atoms with E-state index in [-0.39, 0.29) is 24.5 Å². The van der Waals surface area contributed by atoms with E-state index in [9.17, 15) is 4.79 Å². The molecule has 3 N–H and O–H groups in total. The molecule has 2 rings (SSSR count). The number of carbonyl (C=O) groups excluding carboxylic acids is 1. The summed E-state index contributed by atoms with van der Waals surface area (Å²) in [5, 5.41) is 3.04. The second kappa shape index (κ2) is 9.94. The van der Waals surface area contributed by atoms with Gasteiger partial charge in [0.1, 0.15) is 12.4 Å². The minimum atomic E-state index is -0.286. The van der Waals surface area contributed by atoms with Crippen LogP contribution in [0.5, 0.6) is 5.75 Å². The van der Waals surface area contributed by atoms with Gasteiger partial charge in [-0.3, -0.25) is 4.79 Å². The third kappa shape index (κ3) is 5.58. The van der Waals surface area contributed by atoms with E-state index in [4.69, 9.17) is 15.2 Å². The predicted molar refractivity (Wildman–Crippen MR) is 103 cm³/mol. The lowest BCUT2D eigenvalue weighted by molar-refractivity contribution is -0.124. The smallest absolute Gasteiger partial charge is 0.223 e. The predicted octanol–water partition coefficient (Wildman–Crippen LogP) is 2.90. The van der Waals surface area contributed by atoms with Crippen molar-refractivity contribution < 1.29 is 14.3 Å². The molecule has 26 heavy (non-hydrogen) atoms. The van der Waals surface area contributed by atoms with Crippen LogP contribution in [0.2, 0.25) is 0 Å². The summed E-state index contributed by atoms with van der Waals surface area (Å²) in [5.74, 6) is 0.751. The van der Waals surface area contributed by atoms with E-state index in [1.54, 1.807) is 7.11 Å². The number of para-hydroxylation sites is 1. The average Bonchev–Trinajstić information content (AvgIpc) is 2.65. The number of hydrogen-bond donors (Lipinski definition) is 2. The van der Waals surface area contributed by atoms with Gasteiger partial charge in [0.05, 0.1) is 18.6 Å². The van der Waals surface area contributed by atoms with Crippen LogP contribution in [0.15, 0.2) is 48.5 Å². The van der Waals surface area contributed by atoms with Crippen LogP contribution in [0.3, 0.4) is 0 Å². The van der Waals surface area contributed by atoms with E-state index in [0.29, 0.717) is 13.2 Å². The highest BCUT2D eigenvalue weighted by Crippen LogP contribution is 2.24. The minimum Gasteiger partial charge on any atom is -0.491 e. The van der Waals surface area contributed by atoms with Crippen LogP contribution in [-0.2, 0) is 9.53 Å². The number of aryl methyl sites for hydroxylation is 2. The molecule has 0 radical (unpaired) electrons. The van der Waals surface area contributed by atoms with Crippen molar-refractivity contribution in [3.63, 3.8) is 0 Å². The van der Waals surface area contributed by atoms with Gasteiger partial charge in [0, 0.05) is 13.7 Å². The number of benzene rings is 2. The van der Waals surface area contributed by atoms with Gasteiger partial charge in [-0.25, -0.2) is 0 Å². The molecule has 2 unspecified atom stereocenters. The van der Waals surface area contributed by atoms with E-state index in [1.807, 2.05) is 62.4 Å². The van der Waals surface area contributed by atoms with E-state index in [1.165, 1.54) is 0 Å². The lowest BCUT2D eigenvalue weighted by Crippen LogP contribution is -2.36. The van der Waals surface area contributed by atoms with Crippen LogP contribution >= 0.6 is 0 Å². The van der Waals surface area contributed by atoms with Gasteiger partial charge in [-0.15, -0.1) is 0 Å². The molecule has 1 amide bonds. The first-order valence-electron chi connectivity index (χ1n) is 8.81. The Morgan fingerprint density at radius 1 is 1.08 bits per heavy atom. The Bertz CT molecular complexity index is 679. The molecular weight excluding hydrogens is 328 g/mol. The second-order valence-corrected chi connectivity index (χ2v) is 6.36. The zero-order valence-corrected chi connectivity index (χ0v) is 15.7. The first-order valence-corrected chi connectivity index (χ1v) is 8.81. The van der Waals surface area contributed by atoms with Crippen molar-refractivity contribution in [1.82, 2.24) is 5.32 Å². The number of nitrogens with one attached hydrogen (secondary N) is 1. The minimum absolute atomic E-state index is 0.110. The molecule has 0 spiro atoms. The fraction of sp³-hybridized carbons (Fsp3) is 0.381. The summed E-state index contributed by atoms with van der Waals surface area (Å²) in [6, 6.07) is 15.6. The molecule has 5 heteroatoms. The Morgan fingerprint density at radius 3 is 2.31 bits per heavy atom. The van der Waals surface area contributed by atoms with Crippen molar-refractivity contribution in [3.05, 3.63) is 65.2 Å². The van der Waals surface area contributed by atoms with Crippen molar-refractivity contribution in [2.45, 2.75) is 32.4 Å². The summed E-state index contributed by atoms with van der Waals surface area (Å²) in [4.78, 5) is 12.4. The number of ether oxygens (including phenoxy) is 2. The number of nitrogens with two attached hydrogens (primary N) is 1. The summed E-state index contributed by atoms with van der Waals surface area (Å²) in [7, 11) is 1.56. The second-order valence-electron chi connectivity index (χ2n) is 6.36. The Morgan fingerprint density at radius 2 is 1.73 bits per heavy atom. The molecule has 5 nitrogen and oxygen atoms in total. The molecule has 0 fully saturated rings. The molecule has 140 valence electrons. The number of amides is 1. The van der Waals surface area contributed by atoms with E-state index in [2.05, 4.69) is 5.32 Å². The van der Waals surface area contributed by atoms with Gasteiger partial charge < -0.3 is 20.5 Å². The zero-order chi connectivity index (χ0) is 18.9. The molecule has 2 aromatic rings. The molecule has 0 aliphatic carbocycles. The molecule has 0 heterocycles. The standard InChI is InChI=1S/C21H28N2O3/c1-15-8-7-9-16(2)21(15)26-14-19(17-10-5-4-6-11-17)23-20(24)12-18(13-22)25-3/h4-11,18-19H,12-14,22H2,1-3H3,(H,23,24). The first kappa shape index (κ1) is 19.9. The highest BCUT2D eigenvalue weighted by atomic mass is 16.5. The molecule has 0 aromatic heterocycles. The Balaban J connectivity index is 2.11. The van der Waals surface area contributed by atoms with Crippen LogP contribution in [0, 0.1) is 13.8 Å². The summed E-state index contributed by atoms with van der Waals surface area (Å²) in [6.45, 7) is 4.69. The maximum atomic E-state index is 12.4. The summed E-state index contributed by atoms with van der Waals surface area (Å²) in [6.07, 6.45) is -0.0642. The third-order valence-corrected chi connectivity index (χ3v) is 4.35. The Labute approximate surface area is 155 Å². The quantitative estimate of drug-likeness (QED) is 0.724. The fourth-order valence-electron chi connectivity index (χ4n) is 2.82. The van der Waals surface area contributed by atoms with Crippen molar-refractivity contribution in [3.8, 4) is 5.75 Å². The molecule has 2 atom stereocenters. The van der Waals surface area contributed by atoms with E-state index >= 15 is 0 Å². The molecule has 2 aromatic carbocycles. The molecule has 0 aliphatic rings. The number of methoxy groups -OCH3 is 1. The monoisotopic (exact) mass is 356 g/mol. The van der Waals surface area contributed by atoms with E-state index in [0.717, 1.165) is 22.4 Å². The van der Waals surface area contributed by atoms with Gasteiger partial charge in [0.2, 0.25) is 5.91 Å². The molecule has 0 saturated carbocycles. The lowest BCUT2D eigenvalue weighted by Gasteiger charge is -2.22. The number of carbonyl (C=O) groups is 1. The van der Waals surface area contributed by atoms with Gasteiger partial charge in [-0.05, 0) is 30.5 Å². The first-order chi connectivity index (χ1) is 12.5. The van der Waals surface area contributed by atoms with Crippen molar-refractivity contribution >= 4 is 5.91 Å². The van der Waals surface area contributed by atoms with Crippen LogP contribution in [-0.4, -0.2) is 32.3 Å². The van der Waals surface area contributed by atoms with Gasteiger partial charge in [0.15, 0.2) is 0 Å².